The van der Waals surface area contributed by atoms with Crippen LogP contribution in [0.5, 0.6) is 0 Å². The minimum atomic E-state index is -0.101. The molecular formula is C18H16N4O. The van der Waals surface area contributed by atoms with Gasteiger partial charge in [-0.1, -0.05) is 18.2 Å². The number of para-hydroxylation sites is 1. The fourth-order valence-electron chi connectivity index (χ4n) is 2.77. The molecule has 0 bridgehead atoms. The SMILES string of the molecule is CN(C)c1ccc2nc(-n3c(=O)ccc4ccccc43)[nH]c2c1. The molecule has 4 rings (SSSR count). The molecule has 0 radical (unpaired) electrons. The highest BCUT2D eigenvalue weighted by molar-refractivity contribution is 5.83. The van der Waals surface area contributed by atoms with Gasteiger partial charge in [-0.15, -0.1) is 0 Å². The molecule has 0 aliphatic rings. The fourth-order valence-corrected chi connectivity index (χ4v) is 2.77. The van der Waals surface area contributed by atoms with Gasteiger partial charge in [-0.3, -0.25) is 4.79 Å². The summed E-state index contributed by atoms with van der Waals surface area (Å²) in [6, 6.07) is 17.2. The zero-order chi connectivity index (χ0) is 16.0. The lowest BCUT2D eigenvalue weighted by atomic mass is 10.2. The van der Waals surface area contributed by atoms with Gasteiger partial charge in [0.05, 0.1) is 16.6 Å². The standard InChI is InChI=1S/C18H16N4O/c1-21(2)13-8-9-14-15(11-13)20-18(19-14)22-16-6-4-3-5-12(16)7-10-17(22)23/h3-11H,1-2H3,(H,19,20). The second kappa shape index (κ2) is 4.98. The highest BCUT2D eigenvalue weighted by atomic mass is 16.1. The topological polar surface area (TPSA) is 53.9 Å². The first kappa shape index (κ1) is 13.6. The minimum absolute atomic E-state index is 0.101. The van der Waals surface area contributed by atoms with Gasteiger partial charge in [-0.25, -0.2) is 9.55 Å². The molecule has 0 unspecified atom stereocenters. The predicted molar refractivity (Wildman–Crippen MR) is 93.5 cm³/mol. The van der Waals surface area contributed by atoms with E-state index >= 15 is 0 Å². The van der Waals surface area contributed by atoms with Gasteiger partial charge in [-0.2, -0.15) is 0 Å². The van der Waals surface area contributed by atoms with Gasteiger partial charge in [0.25, 0.3) is 5.56 Å². The number of nitrogens with zero attached hydrogens (tertiary/aromatic N) is 3. The molecule has 5 heteroatoms. The fraction of sp³-hybridized carbons (Fsp3) is 0.111. The van der Waals surface area contributed by atoms with Crippen molar-refractivity contribution in [3.8, 4) is 5.95 Å². The van der Waals surface area contributed by atoms with E-state index in [1.165, 1.54) is 0 Å². The Hall–Kier alpha value is -3.08. The first-order valence-corrected chi connectivity index (χ1v) is 7.42. The Morgan fingerprint density at radius 1 is 1.04 bits per heavy atom. The van der Waals surface area contributed by atoms with Gasteiger partial charge in [0.15, 0.2) is 0 Å². The number of benzene rings is 2. The van der Waals surface area contributed by atoms with E-state index in [1.807, 2.05) is 67.5 Å². The van der Waals surface area contributed by atoms with Gasteiger partial charge in [0, 0.05) is 25.8 Å². The summed E-state index contributed by atoms with van der Waals surface area (Å²) < 4.78 is 1.62. The predicted octanol–water partition coefficient (Wildman–Crippen LogP) is 2.93. The molecule has 4 aromatic rings. The molecule has 0 saturated heterocycles. The van der Waals surface area contributed by atoms with Crippen molar-refractivity contribution in [3.05, 3.63) is 65.0 Å². The summed E-state index contributed by atoms with van der Waals surface area (Å²) in [4.78, 5) is 22.3. The molecule has 5 nitrogen and oxygen atoms in total. The summed E-state index contributed by atoms with van der Waals surface area (Å²) in [6.45, 7) is 0. The molecule has 1 N–H and O–H groups in total. The van der Waals surface area contributed by atoms with Crippen molar-refractivity contribution in [2.75, 3.05) is 19.0 Å². The quantitative estimate of drug-likeness (QED) is 0.619. The van der Waals surface area contributed by atoms with Crippen LogP contribution in [0.25, 0.3) is 27.9 Å². The van der Waals surface area contributed by atoms with Crippen LogP contribution in [0.2, 0.25) is 0 Å². The summed E-state index contributed by atoms with van der Waals surface area (Å²) in [7, 11) is 3.99. The average Bonchev–Trinajstić information content (AvgIpc) is 2.97. The first-order chi connectivity index (χ1) is 11.1. The minimum Gasteiger partial charge on any atom is -0.378 e. The van der Waals surface area contributed by atoms with Crippen LogP contribution in [-0.2, 0) is 0 Å². The van der Waals surface area contributed by atoms with Crippen molar-refractivity contribution in [2.45, 2.75) is 0 Å². The van der Waals surface area contributed by atoms with Gasteiger partial charge in [-0.05, 0) is 35.7 Å². The number of imidazole rings is 1. The number of rotatable bonds is 2. The lowest BCUT2D eigenvalue weighted by molar-refractivity contribution is 0.960. The third-order valence-corrected chi connectivity index (χ3v) is 3.98. The molecule has 0 aliphatic heterocycles. The monoisotopic (exact) mass is 304 g/mol. The third kappa shape index (κ3) is 2.17. The van der Waals surface area contributed by atoms with E-state index in [0.29, 0.717) is 5.95 Å². The zero-order valence-electron chi connectivity index (χ0n) is 12.9. The molecule has 23 heavy (non-hydrogen) atoms. The maximum Gasteiger partial charge on any atom is 0.257 e. The van der Waals surface area contributed by atoms with Crippen molar-refractivity contribution >= 4 is 27.6 Å². The Labute approximate surface area is 132 Å². The van der Waals surface area contributed by atoms with Crippen LogP contribution in [0, 0.1) is 0 Å². The highest BCUT2D eigenvalue weighted by Crippen LogP contribution is 2.21. The van der Waals surface area contributed by atoms with E-state index in [4.69, 9.17) is 0 Å². The van der Waals surface area contributed by atoms with Crippen LogP contribution >= 0.6 is 0 Å². The number of nitrogens with one attached hydrogen (secondary N) is 1. The number of hydrogen-bond acceptors (Lipinski definition) is 3. The molecule has 0 amide bonds. The van der Waals surface area contributed by atoms with Gasteiger partial charge in [0.1, 0.15) is 0 Å². The molecule has 0 fully saturated rings. The van der Waals surface area contributed by atoms with Gasteiger partial charge >= 0.3 is 0 Å². The van der Waals surface area contributed by atoms with Gasteiger partial charge < -0.3 is 9.88 Å². The Kier molecular flexibility index (Phi) is 2.94. The molecule has 0 atom stereocenters. The number of anilines is 1. The van der Waals surface area contributed by atoms with Gasteiger partial charge in [0.2, 0.25) is 5.95 Å². The molecule has 0 aliphatic carbocycles. The van der Waals surface area contributed by atoms with E-state index in [-0.39, 0.29) is 5.56 Å². The van der Waals surface area contributed by atoms with E-state index in [1.54, 1.807) is 10.6 Å². The maximum absolute atomic E-state index is 12.4. The highest BCUT2D eigenvalue weighted by Gasteiger charge is 2.10. The Bertz CT molecular complexity index is 1080. The summed E-state index contributed by atoms with van der Waals surface area (Å²) in [5, 5.41) is 1.00. The maximum atomic E-state index is 12.4. The Morgan fingerprint density at radius 3 is 2.70 bits per heavy atom. The van der Waals surface area contributed by atoms with Crippen LogP contribution in [0.15, 0.2) is 59.4 Å². The molecule has 0 spiro atoms. The smallest absolute Gasteiger partial charge is 0.257 e. The number of aromatic nitrogens is 3. The largest absolute Gasteiger partial charge is 0.378 e. The summed E-state index contributed by atoms with van der Waals surface area (Å²) >= 11 is 0. The van der Waals surface area contributed by atoms with Crippen molar-refractivity contribution in [2.24, 2.45) is 0 Å². The molecule has 2 heterocycles. The van der Waals surface area contributed by atoms with Crippen LogP contribution < -0.4 is 10.5 Å². The van der Waals surface area contributed by atoms with Crippen molar-refractivity contribution < 1.29 is 0 Å². The lowest BCUT2D eigenvalue weighted by Crippen LogP contribution is -2.18. The molecule has 2 aromatic carbocycles. The Morgan fingerprint density at radius 2 is 1.87 bits per heavy atom. The number of aromatic amines is 1. The average molecular weight is 304 g/mol. The Balaban J connectivity index is 1.99. The van der Waals surface area contributed by atoms with Crippen LogP contribution in [0.1, 0.15) is 0 Å². The number of pyridine rings is 1. The second-order valence-corrected chi connectivity index (χ2v) is 5.72. The zero-order valence-corrected chi connectivity index (χ0v) is 12.9. The molecule has 2 aromatic heterocycles. The molecule has 0 saturated carbocycles. The van der Waals surface area contributed by atoms with E-state index in [9.17, 15) is 4.79 Å². The summed E-state index contributed by atoms with van der Waals surface area (Å²) in [6.07, 6.45) is 0. The lowest BCUT2D eigenvalue weighted by Gasteiger charge is -2.11. The first-order valence-electron chi connectivity index (χ1n) is 7.42. The third-order valence-electron chi connectivity index (χ3n) is 3.98. The van der Waals surface area contributed by atoms with Crippen LogP contribution in [-0.4, -0.2) is 28.6 Å². The second-order valence-electron chi connectivity index (χ2n) is 5.72. The van der Waals surface area contributed by atoms with Crippen LogP contribution in [0.3, 0.4) is 0 Å². The van der Waals surface area contributed by atoms with Crippen molar-refractivity contribution in [1.82, 2.24) is 14.5 Å². The molecular weight excluding hydrogens is 288 g/mol. The number of fused-ring (bicyclic) bond motifs is 2. The van der Waals surface area contributed by atoms with E-state index in [2.05, 4.69) is 9.97 Å². The number of H-pyrrole nitrogens is 1. The van der Waals surface area contributed by atoms with E-state index in [0.717, 1.165) is 27.6 Å². The molecule has 114 valence electrons. The number of hydrogen-bond donors (Lipinski definition) is 1. The summed E-state index contributed by atoms with van der Waals surface area (Å²) in [5.74, 6) is 0.540. The normalized spacial score (nSPS) is 11.2. The van der Waals surface area contributed by atoms with E-state index < -0.39 is 0 Å². The van der Waals surface area contributed by atoms with Crippen LogP contribution in [0.4, 0.5) is 5.69 Å². The van der Waals surface area contributed by atoms with Crippen molar-refractivity contribution in [3.63, 3.8) is 0 Å². The van der Waals surface area contributed by atoms with Crippen molar-refractivity contribution in [1.29, 1.82) is 0 Å². The summed E-state index contributed by atoms with van der Waals surface area (Å²) in [5.41, 5.74) is 3.57.